The van der Waals surface area contributed by atoms with Gasteiger partial charge in [-0.15, -0.1) is 0 Å². The number of nitrogens with zero attached hydrogens (tertiary/aromatic N) is 3. The Bertz CT molecular complexity index is 645. The summed E-state index contributed by atoms with van der Waals surface area (Å²) in [5.41, 5.74) is 4.68. The fraction of sp³-hybridized carbons (Fsp3) is 0.556. The Kier molecular flexibility index (Phi) is 6.42. The Hall–Kier alpha value is -2.02. The molecular formula is C18H25N3O. The predicted octanol–water partition coefficient (Wildman–Crippen LogP) is 5.46. The molecule has 4 nitrogen and oxygen atoms in total. The van der Waals surface area contributed by atoms with Crippen molar-refractivity contribution in [2.45, 2.75) is 59.3 Å². The van der Waals surface area contributed by atoms with Gasteiger partial charge < -0.3 is 0 Å². The van der Waals surface area contributed by atoms with E-state index in [0.29, 0.717) is 11.6 Å². The van der Waals surface area contributed by atoms with Crippen LogP contribution in [0.15, 0.2) is 21.0 Å². The second-order valence-corrected chi connectivity index (χ2v) is 6.27. The molecule has 0 fully saturated rings. The van der Waals surface area contributed by atoms with Gasteiger partial charge >= 0.3 is 0 Å². The van der Waals surface area contributed by atoms with Crippen LogP contribution >= 0.6 is 0 Å². The monoisotopic (exact) mass is 299 g/mol. The summed E-state index contributed by atoms with van der Waals surface area (Å²) in [6, 6.07) is 4.79. The number of rotatable bonds is 5. The zero-order chi connectivity index (χ0) is 16.9. The van der Waals surface area contributed by atoms with Crippen molar-refractivity contribution in [1.82, 2.24) is 0 Å². The van der Waals surface area contributed by atoms with E-state index in [1.165, 1.54) is 0 Å². The third kappa shape index (κ3) is 3.79. The number of hydrogen-bond acceptors (Lipinski definition) is 4. The molecule has 0 spiro atoms. The molecule has 0 aliphatic heterocycles. The van der Waals surface area contributed by atoms with E-state index in [4.69, 9.17) is 0 Å². The van der Waals surface area contributed by atoms with Gasteiger partial charge in [-0.05, 0) is 28.9 Å². The van der Waals surface area contributed by atoms with Gasteiger partial charge in [-0.25, -0.2) is 9.79 Å². The first kappa shape index (κ1) is 18.0. The highest BCUT2D eigenvalue weighted by atomic mass is 16.1. The van der Waals surface area contributed by atoms with Crippen molar-refractivity contribution in [3.05, 3.63) is 22.8 Å². The first-order chi connectivity index (χ1) is 10.3. The molecule has 1 aromatic rings. The van der Waals surface area contributed by atoms with Gasteiger partial charge in [0.1, 0.15) is 0 Å². The summed E-state index contributed by atoms with van der Waals surface area (Å²) >= 11 is 0. The molecular weight excluding hydrogens is 274 g/mol. The quantitative estimate of drug-likeness (QED) is 0.526. The van der Waals surface area contributed by atoms with E-state index in [2.05, 4.69) is 68.6 Å². The van der Waals surface area contributed by atoms with Crippen molar-refractivity contribution in [1.29, 1.82) is 0 Å². The van der Waals surface area contributed by atoms with Gasteiger partial charge in [-0.1, -0.05) is 47.6 Å². The molecule has 1 rings (SSSR count). The van der Waals surface area contributed by atoms with Crippen LogP contribution in [0.1, 0.15) is 76.0 Å². The van der Waals surface area contributed by atoms with Gasteiger partial charge in [0.05, 0.1) is 17.4 Å². The highest BCUT2D eigenvalue weighted by molar-refractivity contribution is 5.74. The molecule has 0 atom stereocenters. The van der Waals surface area contributed by atoms with Gasteiger partial charge in [0.15, 0.2) is 0 Å². The number of aliphatic imine (C=N–C) groups is 3. The molecule has 0 N–H and O–H groups in total. The molecule has 22 heavy (non-hydrogen) atoms. The third-order valence-corrected chi connectivity index (χ3v) is 3.61. The SMILES string of the molecule is CN=C=Nc1c(C(C)C)cc(C(C)C)c(N=C=O)c1C(C)C. The molecule has 4 heteroatoms. The van der Waals surface area contributed by atoms with Crippen LogP contribution in [0.2, 0.25) is 0 Å². The molecule has 0 heterocycles. The second-order valence-electron chi connectivity index (χ2n) is 6.27. The van der Waals surface area contributed by atoms with Gasteiger partial charge in [0, 0.05) is 12.6 Å². The Morgan fingerprint density at radius 2 is 1.36 bits per heavy atom. The first-order valence-electron chi connectivity index (χ1n) is 7.68. The molecule has 0 saturated carbocycles. The van der Waals surface area contributed by atoms with Crippen molar-refractivity contribution < 1.29 is 4.79 Å². The molecule has 0 aliphatic carbocycles. The van der Waals surface area contributed by atoms with E-state index in [9.17, 15) is 4.79 Å². The summed E-state index contributed by atoms with van der Waals surface area (Å²) in [4.78, 5) is 23.2. The molecule has 0 saturated heterocycles. The summed E-state index contributed by atoms with van der Waals surface area (Å²) in [6.45, 7) is 12.6. The van der Waals surface area contributed by atoms with Crippen LogP contribution in [0.25, 0.3) is 0 Å². The molecule has 118 valence electrons. The normalized spacial score (nSPS) is 10.6. The van der Waals surface area contributed by atoms with Gasteiger partial charge in [-0.3, -0.25) is 0 Å². The largest absolute Gasteiger partial charge is 0.240 e. The van der Waals surface area contributed by atoms with E-state index in [1.807, 2.05) is 0 Å². The maximum Gasteiger partial charge on any atom is 0.240 e. The minimum absolute atomic E-state index is 0.181. The van der Waals surface area contributed by atoms with E-state index in [1.54, 1.807) is 13.1 Å². The molecule has 1 aromatic carbocycles. The topological polar surface area (TPSA) is 54.1 Å². The summed E-state index contributed by atoms with van der Waals surface area (Å²) in [6.07, 6.45) is 1.70. The highest BCUT2D eigenvalue weighted by Crippen LogP contribution is 2.45. The molecule has 0 amide bonds. The van der Waals surface area contributed by atoms with E-state index >= 15 is 0 Å². The fourth-order valence-electron chi connectivity index (χ4n) is 2.55. The van der Waals surface area contributed by atoms with E-state index in [0.717, 1.165) is 22.4 Å². The van der Waals surface area contributed by atoms with Crippen LogP contribution in [-0.4, -0.2) is 19.1 Å². The van der Waals surface area contributed by atoms with Crippen molar-refractivity contribution in [2.75, 3.05) is 7.05 Å². The van der Waals surface area contributed by atoms with Gasteiger partial charge in [-0.2, -0.15) is 9.98 Å². The lowest BCUT2D eigenvalue weighted by atomic mass is 9.85. The number of benzene rings is 1. The zero-order valence-corrected chi connectivity index (χ0v) is 14.6. The van der Waals surface area contributed by atoms with Gasteiger partial charge in [0.25, 0.3) is 0 Å². The van der Waals surface area contributed by atoms with Crippen molar-refractivity contribution in [3.8, 4) is 0 Å². The van der Waals surface area contributed by atoms with Crippen LogP contribution in [0.4, 0.5) is 11.4 Å². The molecule has 0 bridgehead atoms. The number of isocyanates is 1. The van der Waals surface area contributed by atoms with Crippen molar-refractivity contribution in [2.24, 2.45) is 15.0 Å². The summed E-state index contributed by atoms with van der Waals surface area (Å²) < 4.78 is 0. The summed E-state index contributed by atoms with van der Waals surface area (Å²) in [7, 11) is 1.64. The molecule has 0 radical (unpaired) electrons. The van der Waals surface area contributed by atoms with E-state index in [-0.39, 0.29) is 11.8 Å². The minimum atomic E-state index is 0.181. The van der Waals surface area contributed by atoms with E-state index < -0.39 is 0 Å². The van der Waals surface area contributed by atoms with Crippen LogP contribution in [0, 0.1) is 0 Å². The molecule has 0 aliphatic rings. The second kappa shape index (κ2) is 7.84. The number of carbonyl (C=O) groups excluding carboxylic acids is 1. The smallest absolute Gasteiger partial charge is 0.229 e. The lowest BCUT2D eigenvalue weighted by molar-refractivity contribution is 0.565. The number of hydrogen-bond donors (Lipinski definition) is 0. The third-order valence-electron chi connectivity index (χ3n) is 3.61. The average molecular weight is 299 g/mol. The molecule has 0 unspecified atom stereocenters. The fourth-order valence-corrected chi connectivity index (χ4v) is 2.55. The summed E-state index contributed by atoms with van der Waals surface area (Å²) in [5.74, 6) is 0.752. The zero-order valence-electron chi connectivity index (χ0n) is 14.6. The average Bonchev–Trinajstić information content (AvgIpc) is 2.43. The maximum absolute atomic E-state index is 10.9. The van der Waals surface area contributed by atoms with Gasteiger partial charge in [0.2, 0.25) is 6.08 Å². The van der Waals surface area contributed by atoms with Crippen molar-refractivity contribution in [3.63, 3.8) is 0 Å². The lowest BCUT2D eigenvalue weighted by Gasteiger charge is -2.22. The Morgan fingerprint density at radius 1 is 0.864 bits per heavy atom. The lowest BCUT2D eigenvalue weighted by Crippen LogP contribution is -2.02. The first-order valence-corrected chi connectivity index (χ1v) is 7.68. The molecule has 0 aromatic heterocycles. The Labute approximate surface area is 133 Å². The van der Waals surface area contributed by atoms with Crippen LogP contribution in [0.5, 0.6) is 0 Å². The van der Waals surface area contributed by atoms with Crippen LogP contribution in [-0.2, 0) is 4.79 Å². The van der Waals surface area contributed by atoms with Crippen molar-refractivity contribution >= 4 is 23.5 Å². The predicted molar refractivity (Wildman–Crippen MR) is 91.9 cm³/mol. The summed E-state index contributed by atoms with van der Waals surface area (Å²) in [5, 5.41) is 0. The maximum atomic E-state index is 10.9. The standard InChI is InChI=1S/C18H25N3O/c1-11(2)14-8-15(12(3)4)18(21-10-22)16(13(5)6)17(14)20-9-19-7/h8,11-13H,1-7H3. The Morgan fingerprint density at radius 3 is 1.73 bits per heavy atom. The highest BCUT2D eigenvalue weighted by Gasteiger charge is 2.22. The van der Waals surface area contributed by atoms with Crippen LogP contribution < -0.4 is 0 Å². The Balaban J connectivity index is 3.98. The van der Waals surface area contributed by atoms with Crippen LogP contribution in [0.3, 0.4) is 0 Å². The minimum Gasteiger partial charge on any atom is -0.229 e.